The molecule has 0 aliphatic carbocycles. The fraction of sp³-hybridized carbons (Fsp3) is 0.333. The van der Waals surface area contributed by atoms with E-state index in [-0.39, 0.29) is 12.3 Å². The summed E-state index contributed by atoms with van der Waals surface area (Å²) in [7, 11) is 3.09. The predicted molar refractivity (Wildman–Crippen MR) is 101 cm³/mol. The van der Waals surface area contributed by atoms with Crippen molar-refractivity contribution >= 4 is 17.6 Å². The summed E-state index contributed by atoms with van der Waals surface area (Å²) in [5.41, 5.74) is 1.59. The van der Waals surface area contributed by atoms with Gasteiger partial charge in [0.15, 0.2) is 5.96 Å². The Morgan fingerprint density at radius 1 is 1.26 bits per heavy atom. The van der Waals surface area contributed by atoms with E-state index in [1.165, 1.54) is 13.2 Å². The molecule has 1 aromatic heterocycles. The van der Waals surface area contributed by atoms with Gasteiger partial charge in [-0.2, -0.15) is 8.78 Å². The number of methoxy groups -OCH3 is 1. The number of aromatic nitrogens is 1. The molecular formula is C18H21ClF2N4O2. The zero-order chi connectivity index (χ0) is 19.6. The highest BCUT2D eigenvalue weighted by molar-refractivity contribution is 6.29. The average Bonchev–Trinajstić information content (AvgIpc) is 2.66. The second-order valence-corrected chi connectivity index (χ2v) is 5.83. The number of pyridine rings is 1. The van der Waals surface area contributed by atoms with Gasteiger partial charge in [0.05, 0.1) is 7.11 Å². The molecule has 9 heteroatoms. The fourth-order valence-electron chi connectivity index (χ4n) is 2.29. The minimum atomic E-state index is -2.92. The fourth-order valence-corrected chi connectivity index (χ4v) is 2.40. The van der Waals surface area contributed by atoms with Crippen LogP contribution in [0.2, 0.25) is 5.15 Å². The molecule has 27 heavy (non-hydrogen) atoms. The van der Waals surface area contributed by atoms with E-state index in [0.717, 1.165) is 12.0 Å². The second kappa shape index (κ2) is 10.5. The van der Waals surface area contributed by atoms with Gasteiger partial charge in [-0.1, -0.05) is 17.7 Å². The lowest BCUT2D eigenvalue weighted by Crippen LogP contribution is -2.38. The van der Waals surface area contributed by atoms with E-state index < -0.39 is 6.61 Å². The third kappa shape index (κ3) is 6.90. The predicted octanol–water partition coefficient (Wildman–Crippen LogP) is 3.25. The molecule has 1 aromatic carbocycles. The Hall–Kier alpha value is -2.61. The quantitative estimate of drug-likeness (QED) is 0.406. The zero-order valence-electron chi connectivity index (χ0n) is 15.0. The van der Waals surface area contributed by atoms with Gasteiger partial charge in [-0.3, -0.25) is 4.99 Å². The lowest BCUT2D eigenvalue weighted by atomic mass is 10.2. The van der Waals surface area contributed by atoms with Crippen LogP contribution in [0, 0.1) is 0 Å². The van der Waals surface area contributed by atoms with Crippen LogP contribution < -0.4 is 20.1 Å². The zero-order valence-corrected chi connectivity index (χ0v) is 15.8. The number of aliphatic imine (C=N–C) groups is 1. The number of hydrogen-bond donors (Lipinski definition) is 2. The van der Waals surface area contributed by atoms with Gasteiger partial charge in [0, 0.05) is 38.0 Å². The van der Waals surface area contributed by atoms with E-state index >= 15 is 0 Å². The highest BCUT2D eigenvalue weighted by Crippen LogP contribution is 2.26. The molecule has 0 saturated carbocycles. The van der Waals surface area contributed by atoms with Crippen molar-refractivity contribution in [1.82, 2.24) is 15.6 Å². The Balaban J connectivity index is 1.90. The van der Waals surface area contributed by atoms with Crippen LogP contribution in [0.15, 0.2) is 41.5 Å². The van der Waals surface area contributed by atoms with Crippen LogP contribution in [0.1, 0.15) is 11.1 Å². The monoisotopic (exact) mass is 398 g/mol. The van der Waals surface area contributed by atoms with Crippen molar-refractivity contribution < 1.29 is 18.3 Å². The smallest absolute Gasteiger partial charge is 0.387 e. The number of benzene rings is 1. The number of halogens is 3. The van der Waals surface area contributed by atoms with Crippen LogP contribution in [0.3, 0.4) is 0 Å². The highest BCUT2D eigenvalue weighted by Gasteiger charge is 2.11. The van der Waals surface area contributed by atoms with E-state index in [1.54, 1.807) is 31.4 Å². The molecule has 146 valence electrons. The highest BCUT2D eigenvalue weighted by atomic mass is 35.5. The summed E-state index contributed by atoms with van der Waals surface area (Å²) >= 11 is 5.76. The normalized spacial score (nSPS) is 11.4. The van der Waals surface area contributed by atoms with Gasteiger partial charge in [-0.05, 0) is 30.2 Å². The molecular weight excluding hydrogens is 378 g/mol. The van der Waals surface area contributed by atoms with Crippen molar-refractivity contribution in [3.05, 3.63) is 52.8 Å². The van der Waals surface area contributed by atoms with Gasteiger partial charge in [-0.25, -0.2) is 4.98 Å². The molecule has 0 amide bonds. The molecule has 0 aliphatic heterocycles. The maximum absolute atomic E-state index is 12.6. The summed E-state index contributed by atoms with van der Waals surface area (Å²) in [5, 5.41) is 6.67. The van der Waals surface area contributed by atoms with Crippen molar-refractivity contribution in [2.45, 2.75) is 19.6 Å². The molecule has 2 aromatic rings. The summed E-state index contributed by atoms with van der Waals surface area (Å²) in [6.45, 7) is -2.04. The van der Waals surface area contributed by atoms with Crippen LogP contribution >= 0.6 is 11.6 Å². The summed E-state index contributed by atoms with van der Waals surface area (Å²) < 4.78 is 34.9. The number of ether oxygens (including phenoxy) is 2. The van der Waals surface area contributed by atoms with E-state index in [9.17, 15) is 8.78 Å². The average molecular weight is 399 g/mol. The number of guanidine groups is 1. The van der Waals surface area contributed by atoms with Crippen molar-refractivity contribution in [2.75, 3.05) is 20.7 Å². The Kier molecular flexibility index (Phi) is 8.06. The van der Waals surface area contributed by atoms with Gasteiger partial charge < -0.3 is 20.1 Å². The maximum atomic E-state index is 12.6. The molecule has 0 saturated heterocycles. The second-order valence-electron chi connectivity index (χ2n) is 5.44. The van der Waals surface area contributed by atoms with Crippen molar-refractivity contribution in [3.8, 4) is 11.5 Å². The Labute approximate surface area is 161 Å². The first-order valence-electron chi connectivity index (χ1n) is 8.18. The molecule has 2 N–H and O–H groups in total. The Bertz CT molecular complexity index is 758. The molecule has 1 heterocycles. The molecule has 0 fully saturated rings. The molecule has 6 nitrogen and oxygen atoms in total. The Morgan fingerprint density at radius 2 is 2.07 bits per heavy atom. The van der Waals surface area contributed by atoms with Gasteiger partial charge in [0.1, 0.15) is 16.7 Å². The molecule has 2 rings (SSSR count). The minimum absolute atomic E-state index is 0.0551. The standard InChI is InChI=1S/C18H21ClF2N4O2/c1-22-18(23-8-7-12-3-6-16(19)24-10-12)25-11-13-4-5-14(26-2)9-15(13)27-17(20)21/h3-6,9-10,17H,7-8,11H2,1-2H3,(H2,22,23,25). The third-order valence-corrected chi connectivity index (χ3v) is 3.88. The summed E-state index contributed by atoms with van der Waals surface area (Å²) in [4.78, 5) is 8.14. The van der Waals surface area contributed by atoms with E-state index in [2.05, 4.69) is 25.3 Å². The first-order chi connectivity index (χ1) is 13.0. The molecule has 0 atom stereocenters. The minimum Gasteiger partial charge on any atom is -0.497 e. The number of hydrogen-bond acceptors (Lipinski definition) is 4. The molecule has 0 radical (unpaired) electrons. The lowest BCUT2D eigenvalue weighted by molar-refractivity contribution is -0.0505. The molecule has 0 spiro atoms. The number of nitrogens with one attached hydrogen (secondary N) is 2. The molecule has 0 aliphatic rings. The number of nitrogens with zero attached hydrogens (tertiary/aromatic N) is 2. The van der Waals surface area contributed by atoms with Crippen LogP contribution in [0.25, 0.3) is 0 Å². The van der Waals surface area contributed by atoms with Crippen molar-refractivity contribution in [2.24, 2.45) is 4.99 Å². The van der Waals surface area contributed by atoms with Gasteiger partial charge >= 0.3 is 6.61 Å². The van der Waals surface area contributed by atoms with Gasteiger partial charge in [-0.15, -0.1) is 0 Å². The van der Waals surface area contributed by atoms with Crippen molar-refractivity contribution in [1.29, 1.82) is 0 Å². The largest absolute Gasteiger partial charge is 0.497 e. The van der Waals surface area contributed by atoms with E-state index in [1.807, 2.05) is 6.07 Å². The SMILES string of the molecule is CN=C(NCCc1ccc(Cl)nc1)NCc1ccc(OC)cc1OC(F)F. The first-order valence-corrected chi connectivity index (χ1v) is 8.56. The van der Waals surface area contributed by atoms with E-state index in [4.69, 9.17) is 16.3 Å². The molecule has 0 unspecified atom stereocenters. The van der Waals surface area contributed by atoms with Crippen LogP contribution in [0.5, 0.6) is 11.5 Å². The summed E-state index contributed by atoms with van der Waals surface area (Å²) in [6, 6.07) is 8.40. The maximum Gasteiger partial charge on any atom is 0.387 e. The van der Waals surface area contributed by atoms with Gasteiger partial charge in [0.2, 0.25) is 0 Å². The summed E-state index contributed by atoms with van der Waals surface area (Å²) in [5.74, 6) is 1.03. The van der Waals surface area contributed by atoms with Crippen LogP contribution in [-0.4, -0.2) is 38.3 Å². The number of alkyl halides is 2. The van der Waals surface area contributed by atoms with E-state index in [0.29, 0.717) is 29.0 Å². The van der Waals surface area contributed by atoms with Crippen LogP contribution in [-0.2, 0) is 13.0 Å². The lowest BCUT2D eigenvalue weighted by Gasteiger charge is -2.15. The third-order valence-electron chi connectivity index (χ3n) is 3.66. The summed E-state index contributed by atoms with van der Waals surface area (Å²) in [6.07, 6.45) is 2.44. The topological polar surface area (TPSA) is 67.8 Å². The van der Waals surface area contributed by atoms with Crippen LogP contribution in [0.4, 0.5) is 8.78 Å². The van der Waals surface area contributed by atoms with Gasteiger partial charge in [0.25, 0.3) is 0 Å². The van der Waals surface area contributed by atoms with Crippen molar-refractivity contribution in [3.63, 3.8) is 0 Å². The first kappa shape index (κ1) is 20.7. The Morgan fingerprint density at radius 3 is 2.70 bits per heavy atom. The number of rotatable bonds is 8. The molecule has 0 bridgehead atoms.